The van der Waals surface area contributed by atoms with Gasteiger partial charge < -0.3 is 18.9 Å². The highest BCUT2D eigenvalue weighted by molar-refractivity contribution is 7.47. The van der Waals surface area contributed by atoms with E-state index in [9.17, 15) is 19.0 Å². The van der Waals surface area contributed by atoms with Crippen molar-refractivity contribution < 1.29 is 42.1 Å². The number of hydrogen-bond donors (Lipinski definition) is 1. The molecule has 2 atom stereocenters. The normalized spacial score (nSPS) is 13.8. The second kappa shape index (κ2) is 36.1. The van der Waals surface area contributed by atoms with Crippen molar-refractivity contribution in [3.05, 3.63) is 24.3 Å². The van der Waals surface area contributed by atoms with Gasteiger partial charge in [-0.15, -0.1) is 0 Å². The fraction of sp³-hybridized carbons (Fsp3) is 0.860. The molecule has 0 bridgehead atoms. The summed E-state index contributed by atoms with van der Waals surface area (Å²) in [6.45, 7) is 4.39. The molecule has 0 rings (SSSR count). The molecule has 0 aromatic heterocycles. The van der Waals surface area contributed by atoms with E-state index in [1.54, 1.807) is 0 Å². The van der Waals surface area contributed by atoms with Crippen molar-refractivity contribution in [3.63, 3.8) is 0 Å². The van der Waals surface area contributed by atoms with E-state index in [0.717, 1.165) is 64.2 Å². The highest BCUT2D eigenvalue weighted by Crippen LogP contribution is 2.43. The van der Waals surface area contributed by atoms with Gasteiger partial charge in [-0.1, -0.05) is 134 Å². The van der Waals surface area contributed by atoms with Gasteiger partial charge in [0.05, 0.1) is 27.7 Å². The van der Waals surface area contributed by atoms with Crippen LogP contribution in [0, 0.1) is 0 Å². The third-order valence-electron chi connectivity index (χ3n) is 9.20. The number of quaternary nitrogens is 1. The molecule has 0 aliphatic carbocycles. The molecule has 0 aromatic rings. The fourth-order valence-corrected chi connectivity index (χ4v) is 6.51. The van der Waals surface area contributed by atoms with Crippen LogP contribution in [0.5, 0.6) is 0 Å². The molecule has 0 saturated carbocycles. The predicted molar refractivity (Wildman–Crippen MR) is 220 cm³/mol. The molecule has 0 heterocycles. The molecule has 0 radical (unpaired) electrons. The predicted octanol–water partition coefficient (Wildman–Crippen LogP) is 12.0. The van der Waals surface area contributed by atoms with Crippen molar-refractivity contribution in [2.45, 2.75) is 193 Å². The van der Waals surface area contributed by atoms with Gasteiger partial charge in [-0.05, 0) is 64.2 Å². The minimum Gasteiger partial charge on any atom is -0.462 e. The van der Waals surface area contributed by atoms with E-state index >= 15 is 0 Å². The maximum absolute atomic E-state index is 12.7. The van der Waals surface area contributed by atoms with E-state index < -0.39 is 26.5 Å². The highest BCUT2D eigenvalue weighted by Gasteiger charge is 2.27. The third kappa shape index (κ3) is 40.0. The van der Waals surface area contributed by atoms with Gasteiger partial charge in [-0.3, -0.25) is 18.6 Å². The van der Waals surface area contributed by atoms with Crippen molar-refractivity contribution in [2.24, 2.45) is 0 Å². The molecule has 1 unspecified atom stereocenters. The molecule has 0 spiro atoms. The molecular formula is C43H83NO8P+. The van der Waals surface area contributed by atoms with Crippen LogP contribution in [0.4, 0.5) is 0 Å². The first-order chi connectivity index (χ1) is 25.5. The molecule has 1 N–H and O–H groups in total. The first kappa shape index (κ1) is 51.5. The zero-order valence-electron chi connectivity index (χ0n) is 35.0. The molecule has 9 nitrogen and oxygen atoms in total. The smallest absolute Gasteiger partial charge is 0.462 e. The van der Waals surface area contributed by atoms with Gasteiger partial charge in [0.15, 0.2) is 6.10 Å². The number of carbonyl (C=O) groups is 2. The second-order valence-electron chi connectivity index (χ2n) is 15.7. The lowest BCUT2D eigenvalue weighted by atomic mass is 10.1. The minimum atomic E-state index is -4.37. The van der Waals surface area contributed by atoms with E-state index in [1.807, 2.05) is 21.1 Å². The number of ether oxygens (including phenoxy) is 2. The van der Waals surface area contributed by atoms with Crippen LogP contribution < -0.4 is 0 Å². The first-order valence-corrected chi connectivity index (χ1v) is 23.1. The van der Waals surface area contributed by atoms with Crippen LogP contribution in [0.25, 0.3) is 0 Å². The van der Waals surface area contributed by atoms with Crippen LogP contribution in [0.15, 0.2) is 24.3 Å². The first-order valence-electron chi connectivity index (χ1n) is 21.6. The number of rotatable bonds is 39. The van der Waals surface area contributed by atoms with Crippen molar-refractivity contribution in [1.29, 1.82) is 0 Å². The molecule has 0 saturated heterocycles. The van der Waals surface area contributed by atoms with Crippen molar-refractivity contribution in [3.8, 4) is 0 Å². The monoisotopic (exact) mass is 773 g/mol. The molecular weight excluding hydrogens is 689 g/mol. The average Bonchev–Trinajstić information content (AvgIpc) is 3.10. The van der Waals surface area contributed by atoms with Crippen LogP contribution in [-0.2, 0) is 32.7 Å². The minimum absolute atomic E-state index is 0.0306. The Morgan fingerprint density at radius 1 is 0.566 bits per heavy atom. The zero-order valence-corrected chi connectivity index (χ0v) is 35.9. The molecule has 0 amide bonds. The summed E-state index contributed by atoms with van der Waals surface area (Å²) in [5.74, 6) is -0.811. The van der Waals surface area contributed by atoms with Gasteiger partial charge in [0.25, 0.3) is 0 Å². The number of carbonyl (C=O) groups excluding carboxylic acids is 2. The standard InChI is InChI=1S/C43H82NO8P/c1-6-8-10-12-14-16-18-20-22-24-26-28-30-32-34-36-43(46)52-41(40-51-53(47,48)50-38-37-44(3,4)5)39-49-42(45)35-33-31-29-27-25-23-21-19-17-15-13-11-9-7-2/h16,18-19,21,41H,6-15,17,20,22-40H2,1-5H3/p+1/b18-16+,21-19+/t41-/m1/s1. The van der Waals surface area contributed by atoms with Gasteiger partial charge in [0, 0.05) is 12.8 Å². The highest BCUT2D eigenvalue weighted by atomic mass is 31.2. The second-order valence-corrected chi connectivity index (χ2v) is 17.2. The maximum atomic E-state index is 12.7. The zero-order chi connectivity index (χ0) is 39.3. The molecule has 0 fully saturated rings. The molecule has 312 valence electrons. The quantitative estimate of drug-likeness (QED) is 0.0216. The Balaban J connectivity index is 4.39. The van der Waals surface area contributed by atoms with Crippen LogP contribution in [0.3, 0.4) is 0 Å². The molecule has 0 aliphatic heterocycles. The number of hydrogen-bond acceptors (Lipinski definition) is 7. The number of likely N-dealkylation sites (N-methyl/N-ethyl adjacent to an activating group) is 1. The van der Waals surface area contributed by atoms with Crippen LogP contribution in [0.2, 0.25) is 0 Å². The third-order valence-corrected chi connectivity index (χ3v) is 10.2. The van der Waals surface area contributed by atoms with E-state index in [4.69, 9.17) is 18.5 Å². The van der Waals surface area contributed by atoms with Crippen molar-refractivity contribution in [1.82, 2.24) is 0 Å². The summed E-state index contributed by atoms with van der Waals surface area (Å²) in [7, 11) is 1.47. The lowest BCUT2D eigenvalue weighted by molar-refractivity contribution is -0.870. The molecule has 10 heteroatoms. The van der Waals surface area contributed by atoms with Crippen LogP contribution in [-0.4, -0.2) is 74.9 Å². The SMILES string of the molecule is CCCCCC/C=C/CCCCCCCCCC(=O)O[C@H](COC(=O)CCCCCCC/C=C/CCCCCCC)COP(=O)(O)OCC[N+](C)(C)C. The summed E-state index contributed by atoms with van der Waals surface area (Å²) in [5, 5.41) is 0. The number of phosphoric acid groups is 1. The van der Waals surface area contributed by atoms with Gasteiger partial charge in [0.1, 0.15) is 19.8 Å². The Kier molecular flexibility index (Phi) is 35.1. The topological polar surface area (TPSA) is 108 Å². The number of phosphoric ester groups is 1. The van der Waals surface area contributed by atoms with E-state index in [2.05, 4.69) is 38.2 Å². The fourth-order valence-electron chi connectivity index (χ4n) is 5.77. The summed E-state index contributed by atoms with van der Waals surface area (Å²) >= 11 is 0. The summed E-state index contributed by atoms with van der Waals surface area (Å²) in [5.41, 5.74) is 0. The lowest BCUT2D eigenvalue weighted by Gasteiger charge is -2.24. The van der Waals surface area contributed by atoms with Crippen LogP contribution >= 0.6 is 7.82 Å². The Bertz CT molecular complexity index is 964. The number of esters is 2. The lowest BCUT2D eigenvalue weighted by Crippen LogP contribution is -2.37. The molecule has 53 heavy (non-hydrogen) atoms. The summed E-state index contributed by atoms with van der Waals surface area (Å²) in [6, 6.07) is 0. The van der Waals surface area contributed by atoms with Crippen LogP contribution in [0.1, 0.15) is 187 Å². The van der Waals surface area contributed by atoms with Gasteiger partial charge in [-0.25, -0.2) is 4.57 Å². The van der Waals surface area contributed by atoms with Crippen molar-refractivity contribution >= 4 is 19.8 Å². The number of allylic oxidation sites excluding steroid dienone is 4. The number of nitrogens with zero attached hydrogens (tertiary/aromatic N) is 1. The largest absolute Gasteiger partial charge is 0.472 e. The average molecular weight is 773 g/mol. The van der Waals surface area contributed by atoms with E-state index in [0.29, 0.717) is 17.4 Å². The summed E-state index contributed by atoms with van der Waals surface area (Å²) in [6.07, 6.45) is 37.9. The van der Waals surface area contributed by atoms with E-state index in [1.165, 1.54) is 89.9 Å². The van der Waals surface area contributed by atoms with E-state index in [-0.39, 0.29) is 32.0 Å². The molecule has 0 aliphatic rings. The van der Waals surface area contributed by atoms with Crippen molar-refractivity contribution in [2.75, 3.05) is 47.5 Å². The number of unbranched alkanes of at least 4 members (excludes halogenated alkanes) is 21. The van der Waals surface area contributed by atoms with Gasteiger partial charge in [-0.2, -0.15) is 0 Å². The van der Waals surface area contributed by atoms with Gasteiger partial charge in [0.2, 0.25) is 0 Å². The van der Waals surface area contributed by atoms with Gasteiger partial charge >= 0.3 is 19.8 Å². The Morgan fingerprint density at radius 2 is 0.962 bits per heavy atom. The Morgan fingerprint density at radius 3 is 1.42 bits per heavy atom. The summed E-state index contributed by atoms with van der Waals surface area (Å²) < 4.78 is 34.3. The Labute approximate surface area is 326 Å². The Hall–Kier alpha value is -1.51. The summed E-state index contributed by atoms with van der Waals surface area (Å²) in [4.78, 5) is 35.3. The maximum Gasteiger partial charge on any atom is 0.472 e. The molecule has 0 aromatic carbocycles.